The van der Waals surface area contributed by atoms with Crippen LogP contribution in [0.4, 0.5) is 0 Å². The summed E-state index contributed by atoms with van der Waals surface area (Å²) in [6.07, 6.45) is 12.7. The van der Waals surface area contributed by atoms with Crippen molar-refractivity contribution in [2.24, 2.45) is 0 Å². The molecule has 0 saturated carbocycles. The first kappa shape index (κ1) is 22.6. The predicted octanol–water partition coefficient (Wildman–Crippen LogP) is 4.89. The van der Waals surface area contributed by atoms with Crippen LogP contribution in [0.3, 0.4) is 0 Å². The lowest BCUT2D eigenvalue weighted by molar-refractivity contribution is 0.115. The number of aliphatic hydroxyl groups excluding tert-OH is 1. The van der Waals surface area contributed by atoms with E-state index < -0.39 is 5.60 Å². The van der Waals surface area contributed by atoms with Gasteiger partial charge in [-0.3, -0.25) is 0 Å². The largest absolute Gasteiger partial charge is 0.392 e. The van der Waals surface area contributed by atoms with Crippen LogP contribution in [0.15, 0.2) is 72.9 Å². The Morgan fingerprint density at radius 3 is 2.14 bits per heavy atom. The second-order valence-corrected chi connectivity index (χ2v) is 5.61. The maximum absolute atomic E-state index is 9.44. The Morgan fingerprint density at radius 1 is 1.14 bits per heavy atom. The summed E-state index contributed by atoms with van der Waals surface area (Å²) in [5.41, 5.74) is 2.39. The Hall–Kier alpha value is -1.64. The molecule has 0 saturated heterocycles. The Labute approximate surface area is 136 Å². The van der Waals surface area contributed by atoms with Crippen LogP contribution in [0.2, 0.25) is 0 Å². The van der Waals surface area contributed by atoms with E-state index in [0.29, 0.717) is 6.42 Å². The van der Waals surface area contributed by atoms with E-state index in [2.05, 4.69) is 25.8 Å². The van der Waals surface area contributed by atoms with Gasteiger partial charge in [0.15, 0.2) is 0 Å². The molecule has 0 amide bonds. The van der Waals surface area contributed by atoms with Crippen LogP contribution in [0, 0.1) is 0 Å². The number of aliphatic hydroxyl groups is 2. The highest BCUT2D eigenvalue weighted by molar-refractivity contribution is 5.15. The van der Waals surface area contributed by atoms with Crippen LogP contribution in [-0.2, 0) is 0 Å². The molecular weight excluding hydrogens is 272 g/mol. The Kier molecular flexibility index (Phi) is 13.4. The van der Waals surface area contributed by atoms with Crippen molar-refractivity contribution in [3.05, 3.63) is 72.9 Å². The molecule has 1 atom stereocenters. The van der Waals surface area contributed by atoms with Gasteiger partial charge in [-0.1, -0.05) is 66.3 Å². The minimum absolute atomic E-state index is 0.154. The maximum atomic E-state index is 9.44. The Morgan fingerprint density at radius 2 is 1.73 bits per heavy atom. The van der Waals surface area contributed by atoms with Crippen molar-refractivity contribution in [1.82, 2.24) is 0 Å². The van der Waals surface area contributed by atoms with Crippen LogP contribution in [0.25, 0.3) is 0 Å². The van der Waals surface area contributed by atoms with Crippen LogP contribution in [-0.4, -0.2) is 22.4 Å². The summed E-state index contributed by atoms with van der Waals surface area (Å²) in [6.45, 7) is 18.6. The quantitative estimate of drug-likeness (QED) is 0.495. The van der Waals surface area contributed by atoms with Gasteiger partial charge in [0.2, 0.25) is 0 Å². The first-order chi connectivity index (χ1) is 10.2. The second-order valence-electron chi connectivity index (χ2n) is 5.61. The third-order valence-electron chi connectivity index (χ3n) is 2.85. The van der Waals surface area contributed by atoms with Gasteiger partial charge in [0.05, 0.1) is 12.2 Å². The van der Waals surface area contributed by atoms with Crippen LogP contribution in [0.5, 0.6) is 0 Å². The fourth-order valence-corrected chi connectivity index (χ4v) is 1.18. The number of allylic oxidation sites excluding steroid dienone is 6. The van der Waals surface area contributed by atoms with Crippen LogP contribution in [0.1, 0.15) is 40.5 Å². The fraction of sp³-hybridized carbons (Fsp3) is 0.400. The van der Waals surface area contributed by atoms with E-state index in [1.807, 2.05) is 45.1 Å². The fourth-order valence-electron chi connectivity index (χ4n) is 1.18. The molecular formula is C20H32O2. The van der Waals surface area contributed by atoms with E-state index in [4.69, 9.17) is 5.11 Å². The summed E-state index contributed by atoms with van der Waals surface area (Å²) in [5, 5.41) is 18.1. The number of hydrogen-bond acceptors (Lipinski definition) is 2. The first-order valence-corrected chi connectivity index (χ1v) is 7.42. The summed E-state index contributed by atoms with van der Waals surface area (Å²) in [4.78, 5) is 0. The molecule has 0 aliphatic rings. The zero-order valence-electron chi connectivity index (χ0n) is 14.6. The van der Waals surface area contributed by atoms with Gasteiger partial charge in [0.1, 0.15) is 0 Å². The molecule has 0 aromatic rings. The van der Waals surface area contributed by atoms with Gasteiger partial charge in [0.25, 0.3) is 0 Å². The van der Waals surface area contributed by atoms with E-state index in [1.165, 1.54) is 11.6 Å². The summed E-state index contributed by atoms with van der Waals surface area (Å²) in [5.74, 6) is 0. The molecule has 0 spiro atoms. The van der Waals surface area contributed by atoms with Crippen LogP contribution < -0.4 is 0 Å². The molecule has 0 aliphatic carbocycles. The third-order valence-corrected chi connectivity index (χ3v) is 2.85. The van der Waals surface area contributed by atoms with Crippen molar-refractivity contribution >= 4 is 0 Å². The average molecular weight is 304 g/mol. The topological polar surface area (TPSA) is 40.5 Å². The molecule has 0 heterocycles. The van der Waals surface area contributed by atoms with E-state index in [0.717, 1.165) is 17.6 Å². The maximum Gasteiger partial charge on any atom is 0.0831 e. The highest BCUT2D eigenvalue weighted by atomic mass is 16.3. The molecule has 2 N–H and O–H groups in total. The Balaban J connectivity index is 0. The van der Waals surface area contributed by atoms with E-state index in [-0.39, 0.29) is 6.61 Å². The van der Waals surface area contributed by atoms with Gasteiger partial charge < -0.3 is 10.2 Å². The highest BCUT2D eigenvalue weighted by Gasteiger charge is 2.11. The normalized spacial score (nSPS) is 14.8. The average Bonchev–Trinajstić information content (AvgIpc) is 2.46. The minimum atomic E-state index is -0.786. The van der Waals surface area contributed by atoms with Crippen molar-refractivity contribution in [2.75, 3.05) is 6.61 Å². The van der Waals surface area contributed by atoms with E-state index >= 15 is 0 Å². The van der Waals surface area contributed by atoms with Crippen molar-refractivity contribution in [2.45, 2.75) is 46.1 Å². The molecule has 1 unspecified atom stereocenters. The third kappa shape index (κ3) is 16.4. The molecule has 0 aliphatic heterocycles. The molecule has 0 rings (SSSR count). The van der Waals surface area contributed by atoms with E-state index in [1.54, 1.807) is 6.92 Å². The van der Waals surface area contributed by atoms with Crippen LogP contribution >= 0.6 is 0 Å². The lowest BCUT2D eigenvalue weighted by Gasteiger charge is -2.14. The van der Waals surface area contributed by atoms with Gasteiger partial charge in [0, 0.05) is 0 Å². The molecule has 0 bridgehead atoms. The summed E-state index contributed by atoms with van der Waals surface area (Å²) >= 11 is 0. The van der Waals surface area contributed by atoms with Crippen molar-refractivity contribution in [1.29, 1.82) is 0 Å². The standard InChI is InChI=1S/2C10H16O/c1-5-10(4,11)8-6-7-9(2)3;1-4-9(2)6-5-7-10(3)8-11/h5-7,11H,1-2,8H2,3-4H3;4,6-7,11H,1,5,8H2,2-3H3/b7-6+;9-6+,10-7+. The van der Waals surface area contributed by atoms with Gasteiger partial charge in [-0.2, -0.15) is 0 Å². The smallest absolute Gasteiger partial charge is 0.0831 e. The van der Waals surface area contributed by atoms with Crippen molar-refractivity contribution < 1.29 is 10.2 Å². The molecule has 22 heavy (non-hydrogen) atoms. The predicted molar refractivity (Wildman–Crippen MR) is 98.8 cm³/mol. The number of rotatable bonds is 8. The molecule has 0 radical (unpaired) electrons. The van der Waals surface area contributed by atoms with Gasteiger partial charge in [-0.05, 0) is 40.5 Å². The van der Waals surface area contributed by atoms with Gasteiger partial charge >= 0.3 is 0 Å². The monoisotopic (exact) mass is 304 g/mol. The first-order valence-electron chi connectivity index (χ1n) is 7.42. The Bertz CT molecular complexity index is 435. The zero-order valence-corrected chi connectivity index (χ0v) is 14.6. The SMILES string of the molecule is C=C/C(C)=C/C/C=C(\C)CO.C=CC(C)(O)C/C=C/C(=C)C. The minimum Gasteiger partial charge on any atom is -0.392 e. The molecule has 2 heteroatoms. The summed E-state index contributed by atoms with van der Waals surface area (Å²) in [6, 6.07) is 0. The molecule has 0 fully saturated rings. The summed E-state index contributed by atoms with van der Waals surface area (Å²) < 4.78 is 0. The van der Waals surface area contributed by atoms with Crippen molar-refractivity contribution in [3.8, 4) is 0 Å². The molecule has 2 nitrogen and oxygen atoms in total. The zero-order chi connectivity index (χ0) is 17.6. The van der Waals surface area contributed by atoms with Gasteiger partial charge in [-0.25, -0.2) is 0 Å². The molecule has 124 valence electrons. The second kappa shape index (κ2) is 13.1. The summed E-state index contributed by atoms with van der Waals surface area (Å²) in [7, 11) is 0. The molecule has 0 aromatic carbocycles. The highest BCUT2D eigenvalue weighted by Crippen LogP contribution is 2.10. The molecule has 0 aromatic heterocycles. The van der Waals surface area contributed by atoms with E-state index in [9.17, 15) is 5.11 Å². The van der Waals surface area contributed by atoms with Gasteiger partial charge in [-0.15, -0.1) is 6.58 Å². The van der Waals surface area contributed by atoms with Crippen molar-refractivity contribution in [3.63, 3.8) is 0 Å². The number of hydrogen-bond donors (Lipinski definition) is 2. The lowest BCUT2D eigenvalue weighted by atomic mass is 10.0. The lowest BCUT2D eigenvalue weighted by Crippen LogP contribution is -2.18.